The monoisotopic (exact) mass is 372 g/mol. The van der Waals surface area contributed by atoms with E-state index in [-0.39, 0.29) is 6.04 Å². The van der Waals surface area contributed by atoms with E-state index in [1.165, 1.54) is 18.4 Å². The number of aliphatic imine (C=N–C) groups is 1. The summed E-state index contributed by atoms with van der Waals surface area (Å²) in [6, 6.07) is 11.4. The van der Waals surface area contributed by atoms with Gasteiger partial charge in [-0.15, -0.1) is 0 Å². The van der Waals surface area contributed by atoms with Crippen LogP contribution in [0.25, 0.3) is 0 Å². The van der Waals surface area contributed by atoms with E-state index in [9.17, 15) is 0 Å². The molecule has 0 spiro atoms. The van der Waals surface area contributed by atoms with Crippen LogP contribution >= 0.6 is 0 Å². The van der Waals surface area contributed by atoms with Gasteiger partial charge in [0, 0.05) is 19.6 Å². The molecule has 3 fully saturated rings. The van der Waals surface area contributed by atoms with Gasteiger partial charge in [0.05, 0.1) is 44.1 Å². The molecule has 6 heteroatoms. The van der Waals surface area contributed by atoms with Crippen LogP contribution in [-0.2, 0) is 9.47 Å². The van der Waals surface area contributed by atoms with Crippen LogP contribution in [0.1, 0.15) is 37.8 Å². The van der Waals surface area contributed by atoms with E-state index in [2.05, 4.69) is 52.8 Å². The number of ether oxygens (including phenoxy) is 2. The molecule has 4 rings (SSSR count). The molecule has 3 heterocycles. The van der Waals surface area contributed by atoms with Gasteiger partial charge in [-0.2, -0.15) is 0 Å². The maximum Gasteiger partial charge on any atom is 0.191 e. The summed E-state index contributed by atoms with van der Waals surface area (Å²) in [6.45, 7) is 7.23. The number of fused-ring (bicyclic) bond motifs is 2. The number of nitrogens with one attached hydrogen (secondary N) is 2. The van der Waals surface area contributed by atoms with Gasteiger partial charge in [-0.3, -0.25) is 9.89 Å². The van der Waals surface area contributed by atoms with Crippen LogP contribution < -0.4 is 10.6 Å². The van der Waals surface area contributed by atoms with Gasteiger partial charge in [-0.25, -0.2) is 0 Å². The van der Waals surface area contributed by atoms with E-state index >= 15 is 0 Å². The highest BCUT2D eigenvalue weighted by molar-refractivity contribution is 5.80. The van der Waals surface area contributed by atoms with Crippen LogP contribution in [0.3, 0.4) is 0 Å². The molecule has 2 N–H and O–H groups in total. The maximum atomic E-state index is 5.99. The summed E-state index contributed by atoms with van der Waals surface area (Å²) < 4.78 is 11.5. The molecule has 3 saturated heterocycles. The third-order valence-electron chi connectivity index (χ3n) is 5.87. The fourth-order valence-corrected chi connectivity index (χ4v) is 4.46. The predicted octanol–water partition coefficient (Wildman–Crippen LogP) is 1.93. The van der Waals surface area contributed by atoms with Crippen molar-refractivity contribution in [1.82, 2.24) is 15.5 Å². The van der Waals surface area contributed by atoms with E-state index in [1.54, 1.807) is 0 Å². The highest BCUT2D eigenvalue weighted by Crippen LogP contribution is 2.34. The third kappa shape index (κ3) is 4.62. The summed E-state index contributed by atoms with van der Waals surface area (Å²) in [4.78, 5) is 7.46. The lowest BCUT2D eigenvalue weighted by Gasteiger charge is -2.34. The van der Waals surface area contributed by atoms with Crippen molar-refractivity contribution in [3.63, 3.8) is 0 Å². The minimum absolute atomic E-state index is 0.279. The topological polar surface area (TPSA) is 58.1 Å². The Morgan fingerprint density at radius 3 is 2.70 bits per heavy atom. The molecule has 4 atom stereocenters. The molecular formula is C21H32N4O2. The molecule has 0 amide bonds. The fourth-order valence-electron chi connectivity index (χ4n) is 4.46. The first kappa shape index (κ1) is 18.7. The molecule has 27 heavy (non-hydrogen) atoms. The molecule has 1 aromatic rings. The Morgan fingerprint density at radius 2 is 2.04 bits per heavy atom. The Kier molecular flexibility index (Phi) is 6.27. The van der Waals surface area contributed by atoms with Gasteiger partial charge < -0.3 is 20.1 Å². The zero-order valence-corrected chi connectivity index (χ0v) is 16.3. The van der Waals surface area contributed by atoms with Gasteiger partial charge in [-0.1, -0.05) is 30.3 Å². The van der Waals surface area contributed by atoms with Crippen molar-refractivity contribution in [2.24, 2.45) is 4.99 Å². The van der Waals surface area contributed by atoms with Gasteiger partial charge in [0.2, 0.25) is 0 Å². The number of guanidine groups is 1. The fraction of sp³-hybridized carbons (Fsp3) is 0.667. The van der Waals surface area contributed by atoms with Gasteiger partial charge in [0.25, 0.3) is 0 Å². The van der Waals surface area contributed by atoms with Crippen molar-refractivity contribution in [3.05, 3.63) is 35.9 Å². The molecule has 0 aliphatic carbocycles. The van der Waals surface area contributed by atoms with Gasteiger partial charge >= 0.3 is 0 Å². The molecule has 0 radical (unpaired) electrons. The Morgan fingerprint density at radius 1 is 1.22 bits per heavy atom. The lowest BCUT2D eigenvalue weighted by molar-refractivity contribution is 0.0179. The van der Waals surface area contributed by atoms with Gasteiger partial charge in [0.1, 0.15) is 0 Å². The second-order valence-corrected chi connectivity index (χ2v) is 7.65. The zero-order chi connectivity index (χ0) is 18.5. The number of hydrogen-bond acceptors (Lipinski definition) is 4. The van der Waals surface area contributed by atoms with Crippen LogP contribution in [0.5, 0.6) is 0 Å². The van der Waals surface area contributed by atoms with E-state index in [4.69, 9.17) is 14.5 Å². The van der Waals surface area contributed by atoms with Crippen molar-refractivity contribution in [1.29, 1.82) is 0 Å². The average molecular weight is 373 g/mol. The number of benzene rings is 1. The Labute approximate surface area is 162 Å². The third-order valence-corrected chi connectivity index (χ3v) is 5.87. The minimum atomic E-state index is 0.279. The summed E-state index contributed by atoms with van der Waals surface area (Å²) in [5.74, 6) is 0.910. The van der Waals surface area contributed by atoms with Crippen LogP contribution in [0, 0.1) is 0 Å². The van der Waals surface area contributed by atoms with Crippen molar-refractivity contribution in [2.45, 2.75) is 50.5 Å². The number of rotatable bonds is 6. The van der Waals surface area contributed by atoms with Crippen LogP contribution in [0.4, 0.5) is 0 Å². The SMILES string of the molecule is CCNC(=NCC(c1ccccc1)N1CCOCC1)NC1CC2CCC1O2. The summed E-state index contributed by atoms with van der Waals surface area (Å²) in [6.07, 6.45) is 4.27. The van der Waals surface area contributed by atoms with E-state index in [0.717, 1.165) is 51.8 Å². The molecule has 0 aromatic heterocycles. The Balaban J connectivity index is 1.45. The average Bonchev–Trinajstić information content (AvgIpc) is 3.33. The van der Waals surface area contributed by atoms with E-state index in [0.29, 0.717) is 18.2 Å². The molecule has 6 nitrogen and oxygen atoms in total. The second kappa shape index (κ2) is 9.04. The summed E-state index contributed by atoms with van der Waals surface area (Å²) in [5, 5.41) is 7.05. The highest BCUT2D eigenvalue weighted by Gasteiger charge is 2.41. The van der Waals surface area contributed by atoms with Crippen LogP contribution in [0.15, 0.2) is 35.3 Å². The summed E-state index contributed by atoms with van der Waals surface area (Å²) in [7, 11) is 0. The lowest BCUT2D eigenvalue weighted by Crippen LogP contribution is -2.48. The van der Waals surface area contributed by atoms with Gasteiger partial charge in [-0.05, 0) is 31.7 Å². The molecule has 1 aromatic carbocycles. The van der Waals surface area contributed by atoms with Crippen molar-refractivity contribution >= 4 is 5.96 Å². The zero-order valence-electron chi connectivity index (χ0n) is 16.3. The molecule has 148 valence electrons. The summed E-state index contributed by atoms with van der Waals surface area (Å²) in [5.41, 5.74) is 1.32. The molecule has 3 aliphatic heterocycles. The molecule has 2 bridgehead atoms. The predicted molar refractivity (Wildman–Crippen MR) is 107 cm³/mol. The first-order chi connectivity index (χ1) is 13.3. The Hall–Kier alpha value is -1.63. The minimum Gasteiger partial charge on any atom is -0.379 e. The van der Waals surface area contributed by atoms with Crippen LogP contribution in [0.2, 0.25) is 0 Å². The van der Waals surface area contributed by atoms with Crippen LogP contribution in [-0.4, -0.2) is 68.5 Å². The largest absolute Gasteiger partial charge is 0.379 e. The van der Waals surface area contributed by atoms with Crippen molar-refractivity contribution in [2.75, 3.05) is 39.4 Å². The number of nitrogens with zero attached hydrogens (tertiary/aromatic N) is 2. The van der Waals surface area contributed by atoms with E-state index < -0.39 is 0 Å². The van der Waals surface area contributed by atoms with Gasteiger partial charge in [0.15, 0.2) is 5.96 Å². The summed E-state index contributed by atoms with van der Waals surface area (Å²) >= 11 is 0. The molecule has 3 aliphatic rings. The standard InChI is InChI=1S/C21H32N4O2/c1-2-22-21(24-18-14-17-8-9-20(18)27-17)23-15-19(16-6-4-3-5-7-16)25-10-12-26-13-11-25/h3-7,17-20H,2,8-15H2,1H3,(H2,22,23,24). The highest BCUT2D eigenvalue weighted by atomic mass is 16.5. The van der Waals surface area contributed by atoms with Crippen molar-refractivity contribution < 1.29 is 9.47 Å². The lowest BCUT2D eigenvalue weighted by atomic mass is 9.96. The quantitative estimate of drug-likeness (QED) is 0.590. The first-order valence-corrected chi connectivity index (χ1v) is 10.4. The maximum absolute atomic E-state index is 5.99. The first-order valence-electron chi connectivity index (χ1n) is 10.4. The van der Waals surface area contributed by atoms with Crippen molar-refractivity contribution in [3.8, 4) is 0 Å². The molecule has 4 unspecified atom stereocenters. The number of hydrogen-bond donors (Lipinski definition) is 2. The van der Waals surface area contributed by atoms with E-state index in [1.807, 2.05) is 0 Å². The molecule has 0 saturated carbocycles. The second-order valence-electron chi connectivity index (χ2n) is 7.65. The normalized spacial score (nSPS) is 29.7. The number of morpholine rings is 1. The smallest absolute Gasteiger partial charge is 0.191 e. The Bertz CT molecular complexity index is 618. The molecular weight excluding hydrogens is 340 g/mol.